The summed E-state index contributed by atoms with van der Waals surface area (Å²) in [5.41, 5.74) is -0.137. The SMILES string of the molecule is CCCCCN(C(=O)C(CS)NC(=O)OC(C)(C)C)C(C(=O)NC(Cc1ccccc1)C(=O)OC(C)(C)C)c1ccccc1. The molecule has 0 bridgehead atoms. The molecule has 2 rings (SSSR count). The van der Waals surface area contributed by atoms with Crippen LogP contribution in [0.25, 0.3) is 0 Å². The Morgan fingerprint density at radius 2 is 1.36 bits per heavy atom. The van der Waals surface area contributed by atoms with Gasteiger partial charge in [0, 0.05) is 18.7 Å². The van der Waals surface area contributed by atoms with Crippen molar-refractivity contribution in [2.24, 2.45) is 0 Å². The summed E-state index contributed by atoms with van der Waals surface area (Å²) in [5.74, 6) is -1.61. The number of carbonyl (C=O) groups is 4. The van der Waals surface area contributed by atoms with Crippen molar-refractivity contribution in [3.8, 4) is 0 Å². The lowest BCUT2D eigenvalue weighted by Gasteiger charge is -2.35. The molecule has 3 unspecified atom stereocenters. The van der Waals surface area contributed by atoms with E-state index in [1.54, 1.807) is 65.8 Å². The maximum absolute atomic E-state index is 14.3. The van der Waals surface area contributed by atoms with Crippen LogP contribution in [0.15, 0.2) is 60.7 Å². The van der Waals surface area contributed by atoms with Crippen molar-refractivity contribution in [3.63, 3.8) is 0 Å². The number of amides is 3. The van der Waals surface area contributed by atoms with Crippen LogP contribution < -0.4 is 10.6 Å². The van der Waals surface area contributed by atoms with Gasteiger partial charge in [0.1, 0.15) is 29.3 Å². The van der Waals surface area contributed by atoms with Crippen LogP contribution in [0.3, 0.4) is 0 Å². The van der Waals surface area contributed by atoms with Gasteiger partial charge in [0.15, 0.2) is 0 Å². The van der Waals surface area contributed by atoms with E-state index in [0.717, 1.165) is 18.4 Å². The first-order chi connectivity index (χ1) is 20.6. The molecular weight excluding hydrogens is 578 g/mol. The lowest BCUT2D eigenvalue weighted by Crippen LogP contribution is -2.55. The fourth-order valence-electron chi connectivity index (χ4n) is 4.51. The summed E-state index contributed by atoms with van der Waals surface area (Å²) in [7, 11) is 0. The summed E-state index contributed by atoms with van der Waals surface area (Å²) in [6.07, 6.45) is 1.80. The highest BCUT2D eigenvalue weighted by Gasteiger charge is 2.37. The van der Waals surface area contributed by atoms with E-state index in [4.69, 9.17) is 9.47 Å². The molecule has 2 aromatic rings. The predicted octanol–water partition coefficient (Wildman–Crippen LogP) is 5.64. The van der Waals surface area contributed by atoms with E-state index < -0.39 is 53.2 Å². The van der Waals surface area contributed by atoms with Crippen LogP contribution in [0.2, 0.25) is 0 Å². The molecule has 3 amide bonds. The number of alkyl carbamates (subject to hydrolysis) is 1. The molecule has 0 aliphatic heterocycles. The number of carbonyl (C=O) groups excluding carboxylic acids is 4. The normalized spacial score (nSPS) is 13.6. The van der Waals surface area contributed by atoms with E-state index in [1.807, 2.05) is 43.3 Å². The van der Waals surface area contributed by atoms with Crippen LogP contribution in [0, 0.1) is 0 Å². The van der Waals surface area contributed by atoms with Gasteiger partial charge < -0.3 is 25.0 Å². The molecule has 10 heteroatoms. The standard InChI is InChI=1S/C34H49N3O6S/c1-8-9-16-21-37(30(39)27(23-44)36-32(41)43-34(5,6)7)28(25-19-14-11-15-20-25)29(38)35-26(31(40)42-33(2,3)4)22-24-17-12-10-13-18-24/h10-15,17-20,26-28,44H,8-9,16,21-23H2,1-7H3,(H,35,38)(H,36,41). The Bertz CT molecular complexity index is 1210. The number of rotatable bonds is 14. The zero-order valence-electron chi connectivity index (χ0n) is 27.1. The van der Waals surface area contributed by atoms with Crippen LogP contribution in [0.1, 0.15) is 84.9 Å². The second-order valence-electron chi connectivity index (χ2n) is 12.7. The van der Waals surface area contributed by atoms with Gasteiger partial charge in [-0.2, -0.15) is 12.6 Å². The highest BCUT2D eigenvalue weighted by molar-refractivity contribution is 7.80. The lowest BCUT2D eigenvalue weighted by atomic mass is 10.0. The molecule has 0 aliphatic rings. The monoisotopic (exact) mass is 627 g/mol. The molecule has 0 saturated heterocycles. The van der Waals surface area contributed by atoms with Gasteiger partial charge in [-0.15, -0.1) is 0 Å². The van der Waals surface area contributed by atoms with Crippen LogP contribution in [0.4, 0.5) is 4.79 Å². The quantitative estimate of drug-likeness (QED) is 0.142. The minimum Gasteiger partial charge on any atom is -0.458 e. The molecule has 0 aromatic heterocycles. The Kier molecular flexibility index (Phi) is 14.2. The van der Waals surface area contributed by atoms with E-state index in [-0.39, 0.29) is 18.7 Å². The van der Waals surface area contributed by atoms with Crippen LogP contribution in [0.5, 0.6) is 0 Å². The van der Waals surface area contributed by atoms with Crippen molar-refractivity contribution in [3.05, 3.63) is 71.8 Å². The van der Waals surface area contributed by atoms with Gasteiger partial charge in [0.05, 0.1) is 0 Å². The summed E-state index contributed by atoms with van der Waals surface area (Å²) in [5, 5.41) is 5.52. The Labute approximate surface area is 267 Å². The number of nitrogens with zero attached hydrogens (tertiary/aromatic N) is 1. The molecule has 2 N–H and O–H groups in total. The van der Waals surface area contributed by atoms with Crippen LogP contribution >= 0.6 is 12.6 Å². The van der Waals surface area contributed by atoms with E-state index in [0.29, 0.717) is 12.0 Å². The number of nitrogens with one attached hydrogen (secondary N) is 2. The predicted molar refractivity (Wildman–Crippen MR) is 175 cm³/mol. The van der Waals surface area contributed by atoms with Gasteiger partial charge in [0.2, 0.25) is 11.8 Å². The van der Waals surface area contributed by atoms with Gasteiger partial charge in [-0.05, 0) is 59.1 Å². The molecular formula is C34H49N3O6S. The Morgan fingerprint density at radius 1 is 0.795 bits per heavy atom. The topological polar surface area (TPSA) is 114 Å². The van der Waals surface area contributed by atoms with Crippen molar-refractivity contribution in [1.29, 1.82) is 0 Å². The Hall–Kier alpha value is -3.53. The van der Waals surface area contributed by atoms with E-state index in [1.165, 1.54) is 4.90 Å². The highest BCUT2D eigenvalue weighted by Crippen LogP contribution is 2.25. The number of ether oxygens (including phenoxy) is 2. The summed E-state index contributed by atoms with van der Waals surface area (Å²) < 4.78 is 11.1. The minimum atomic E-state index is -1.09. The highest BCUT2D eigenvalue weighted by atomic mass is 32.1. The van der Waals surface area contributed by atoms with E-state index in [2.05, 4.69) is 23.3 Å². The van der Waals surface area contributed by atoms with Crippen molar-refractivity contribution in [2.75, 3.05) is 12.3 Å². The third-order valence-electron chi connectivity index (χ3n) is 6.42. The number of benzene rings is 2. The van der Waals surface area contributed by atoms with Crippen LogP contribution in [-0.2, 0) is 30.3 Å². The third-order valence-corrected chi connectivity index (χ3v) is 6.79. The van der Waals surface area contributed by atoms with E-state index in [9.17, 15) is 19.2 Å². The third kappa shape index (κ3) is 12.6. The zero-order valence-corrected chi connectivity index (χ0v) is 28.0. The largest absolute Gasteiger partial charge is 0.458 e. The molecule has 0 fully saturated rings. The van der Waals surface area contributed by atoms with E-state index >= 15 is 0 Å². The molecule has 2 aromatic carbocycles. The molecule has 3 atom stereocenters. The minimum absolute atomic E-state index is 0.0139. The smallest absolute Gasteiger partial charge is 0.408 e. The van der Waals surface area contributed by atoms with Gasteiger partial charge in [-0.1, -0.05) is 80.4 Å². The second-order valence-corrected chi connectivity index (χ2v) is 13.1. The molecule has 0 heterocycles. The number of thiol groups is 1. The van der Waals surface area contributed by atoms with Gasteiger partial charge >= 0.3 is 12.1 Å². The van der Waals surface area contributed by atoms with Gasteiger partial charge in [-0.25, -0.2) is 9.59 Å². The molecule has 9 nitrogen and oxygen atoms in total. The average Bonchev–Trinajstić information content (AvgIpc) is 2.94. The summed E-state index contributed by atoms with van der Waals surface area (Å²) in [4.78, 5) is 55.9. The molecule has 242 valence electrons. The summed E-state index contributed by atoms with van der Waals surface area (Å²) in [6.45, 7) is 12.8. The molecule has 0 saturated carbocycles. The van der Waals surface area contributed by atoms with Crippen molar-refractivity contribution < 1.29 is 28.7 Å². The molecule has 0 radical (unpaired) electrons. The fraction of sp³-hybridized carbons (Fsp3) is 0.529. The first kappa shape index (κ1) is 36.7. The van der Waals surface area contributed by atoms with Gasteiger partial charge in [0.25, 0.3) is 0 Å². The summed E-state index contributed by atoms with van der Waals surface area (Å²) in [6, 6.07) is 15.1. The average molecular weight is 628 g/mol. The first-order valence-electron chi connectivity index (χ1n) is 15.2. The number of esters is 1. The first-order valence-corrected chi connectivity index (χ1v) is 15.8. The van der Waals surface area contributed by atoms with Gasteiger partial charge in [-0.3, -0.25) is 9.59 Å². The maximum atomic E-state index is 14.3. The maximum Gasteiger partial charge on any atom is 0.408 e. The fourth-order valence-corrected chi connectivity index (χ4v) is 4.76. The molecule has 0 spiro atoms. The van der Waals surface area contributed by atoms with Crippen molar-refractivity contribution in [1.82, 2.24) is 15.5 Å². The number of unbranched alkanes of at least 4 members (excludes halogenated alkanes) is 2. The Balaban J connectivity index is 2.51. The molecule has 44 heavy (non-hydrogen) atoms. The number of hydrogen-bond donors (Lipinski definition) is 3. The van der Waals surface area contributed by atoms with Crippen molar-refractivity contribution in [2.45, 2.75) is 103 Å². The van der Waals surface area contributed by atoms with Crippen molar-refractivity contribution >= 4 is 36.5 Å². The molecule has 0 aliphatic carbocycles. The second kappa shape index (κ2) is 17.1. The lowest BCUT2D eigenvalue weighted by molar-refractivity contribution is -0.159. The van der Waals surface area contributed by atoms with Crippen LogP contribution in [-0.4, -0.2) is 64.4 Å². The summed E-state index contributed by atoms with van der Waals surface area (Å²) >= 11 is 4.35. The number of hydrogen-bond acceptors (Lipinski definition) is 7. The zero-order chi connectivity index (χ0) is 32.9. The Morgan fingerprint density at radius 3 is 1.89 bits per heavy atom.